The maximum atomic E-state index is 12.2. The van der Waals surface area contributed by atoms with Crippen LogP contribution in [0.1, 0.15) is 17.3 Å². The summed E-state index contributed by atoms with van der Waals surface area (Å²) >= 11 is 5.90. The number of hydrogen-bond acceptors (Lipinski definition) is 4. The molecule has 1 aliphatic rings. The predicted octanol–water partition coefficient (Wildman–Crippen LogP) is 3.95. The quantitative estimate of drug-likeness (QED) is 0.597. The molecule has 1 aromatic heterocycles. The maximum Gasteiger partial charge on any atom is 0.325 e. The van der Waals surface area contributed by atoms with Crippen LogP contribution in [0.4, 0.5) is 0 Å². The van der Waals surface area contributed by atoms with E-state index in [2.05, 4.69) is 14.8 Å². The first-order chi connectivity index (χ1) is 14.5. The van der Waals surface area contributed by atoms with E-state index in [1.807, 2.05) is 55.5 Å². The molecule has 0 bridgehead atoms. The van der Waals surface area contributed by atoms with Crippen LogP contribution in [0.3, 0.4) is 0 Å². The zero-order valence-electron chi connectivity index (χ0n) is 17.0. The molecule has 1 fully saturated rings. The zero-order valence-corrected chi connectivity index (χ0v) is 17.7. The monoisotopic (exact) mass is 427 g/mol. The third-order valence-electron chi connectivity index (χ3n) is 5.71. The highest BCUT2D eigenvalue weighted by Gasteiger charge is 2.33. The minimum Gasteiger partial charge on any atom is -0.492 e. The second-order valence-electron chi connectivity index (χ2n) is 7.63. The number of para-hydroxylation sites is 1. The molecular formula is C23H26ClN3O3. The molecule has 7 heteroatoms. The van der Waals surface area contributed by atoms with Crippen molar-refractivity contribution in [3.63, 3.8) is 0 Å². The Morgan fingerprint density at radius 2 is 1.83 bits per heavy atom. The number of carbonyl (C=O) groups is 1. The summed E-state index contributed by atoms with van der Waals surface area (Å²) < 4.78 is 5.79. The summed E-state index contributed by atoms with van der Waals surface area (Å²) in [6.07, 6.45) is 0. The summed E-state index contributed by atoms with van der Waals surface area (Å²) in [5.74, 6) is 0.00108. The van der Waals surface area contributed by atoms with Gasteiger partial charge < -0.3 is 14.8 Å². The van der Waals surface area contributed by atoms with Crippen LogP contribution in [0, 0.1) is 6.92 Å². The molecule has 2 heterocycles. The summed E-state index contributed by atoms with van der Waals surface area (Å²) in [5.41, 5.74) is 2.77. The molecule has 0 unspecified atom stereocenters. The summed E-state index contributed by atoms with van der Waals surface area (Å²) in [6, 6.07) is 14.6. The molecule has 0 saturated carbocycles. The fourth-order valence-corrected chi connectivity index (χ4v) is 4.31. The Morgan fingerprint density at radius 3 is 2.53 bits per heavy atom. The predicted molar refractivity (Wildman–Crippen MR) is 118 cm³/mol. The van der Waals surface area contributed by atoms with Gasteiger partial charge in [0, 0.05) is 59.9 Å². The van der Waals surface area contributed by atoms with Crippen molar-refractivity contribution in [2.24, 2.45) is 0 Å². The van der Waals surface area contributed by atoms with E-state index in [1.165, 1.54) is 0 Å². The molecule has 1 aliphatic heterocycles. The van der Waals surface area contributed by atoms with E-state index in [1.54, 1.807) is 0 Å². The number of halogens is 1. The summed E-state index contributed by atoms with van der Waals surface area (Å²) in [6.45, 7) is 6.39. The molecule has 0 amide bonds. The summed E-state index contributed by atoms with van der Waals surface area (Å²) in [7, 11) is 0. The van der Waals surface area contributed by atoms with Crippen LogP contribution < -0.4 is 4.74 Å². The van der Waals surface area contributed by atoms with Crippen LogP contribution in [0.25, 0.3) is 10.9 Å². The second kappa shape index (κ2) is 9.08. The van der Waals surface area contributed by atoms with Crippen molar-refractivity contribution < 1.29 is 14.6 Å². The van der Waals surface area contributed by atoms with Crippen LogP contribution in [0.15, 0.2) is 48.5 Å². The molecular weight excluding hydrogens is 402 g/mol. The van der Waals surface area contributed by atoms with Crippen molar-refractivity contribution in [2.45, 2.75) is 13.0 Å². The molecule has 1 atom stereocenters. The molecule has 30 heavy (non-hydrogen) atoms. The molecule has 0 spiro atoms. The average Bonchev–Trinajstić information content (AvgIpc) is 3.06. The van der Waals surface area contributed by atoms with Gasteiger partial charge in [-0.25, -0.2) is 0 Å². The molecule has 6 nitrogen and oxygen atoms in total. The lowest BCUT2D eigenvalue weighted by Crippen LogP contribution is -2.50. The standard InChI is InChI=1S/C23H26ClN3O3/c1-16-21(19-4-2-3-5-20(19)25-16)22(23(28)29)27-12-10-26(11-13-27)14-15-30-18-8-6-17(24)7-9-18/h2-9,22,25H,10-15H2,1H3,(H,28,29)/t22-/m1/s1. The van der Waals surface area contributed by atoms with Gasteiger partial charge in [0.05, 0.1) is 0 Å². The van der Waals surface area contributed by atoms with E-state index in [4.69, 9.17) is 16.3 Å². The Labute approximate surface area is 181 Å². The van der Waals surface area contributed by atoms with Crippen LogP contribution in [-0.2, 0) is 4.79 Å². The largest absolute Gasteiger partial charge is 0.492 e. The van der Waals surface area contributed by atoms with Crippen molar-refractivity contribution in [3.8, 4) is 5.75 Å². The third kappa shape index (κ3) is 4.46. The number of nitrogens with one attached hydrogen (secondary N) is 1. The molecule has 158 valence electrons. The van der Waals surface area contributed by atoms with Gasteiger partial charge in [0.2, 0.25) is 0 Å². The lowest BCUT2D eigenvalue weighted by atomic mass is 10.0. The van der Waals surface area contributed by atoms with Crippen LogP contribution in [0.2, 0.25) is 5.02 Å². The average molecular weight is 428 g/mol. The van der Waals surface area contributed by atoms with Gasteiger partial charge >= 0.3 is 5.97 Å². The number of aromatic nitrogens is 1. The van der Waals surface area contributed by atoms with Crippen molar-refractivity contribution >= 4 is 28.5 Å². The highest BCUT2D eigenvalue weighted by Crippen LogP contribution is 2.32. The van der Waals surface area contributed by atoms with Gasteiger partial charge in [0.25, 0.3) is 0 Å². The number of piperazine rings is 1. The van der Waals surface area contributed by atoms with Gasteiger partial charge in [0.15, 0.2) is 0 Å². The lowest BCUT2D eigenvalue weighted by molar-refractivity contribution is -0.144. The maximum absolute atomic E-state index is 12.2. The molecule has 3 aromatic rings. The van der Waals surface area contributed by atoms with Gasteiger partial charge in [-0.05, 0) is 37.3 Å². The Kier molecular flexibility index (Phi) is 6.27. The second-order valence-corrected chi connectivity index (χ2v) is 8.07. The van der Waals surface area contributed by atoms with Crippen LogP contribution >= 0.6 is 11.6 Å². The van der Waals surface area contributed by atoms with E-state index in [9.17, 15) is 9.90 Å². The normalized spacial score (nSPS) is 16.6. The Balaban J connectivity index is 1.37. The number of carboxylic acid groups (broad SMARTS) is 1. The SMILES string of the molecule is Cc1[nH]c2ccccc2c1[C@H](C(=O)O)N1CCN(CCOc2ccc(Cl)cc2)CC1. The molecule has 0 aliphatic carbocycles. The number of hydrogen-bond donors (Lipinski definition) is 2. The number of H-pyrrole nitrogens is 1. The number of aliphatic carboxylic acids is 1. The minimum atomic E-state index is -0.803. The Morgan fingerprint density at radius 1 is 1.13 bits per heavy atom. The van der Waals surface area contributed by atoms with E-state index >= 15 is 0 Å². The van der Waals surface area contributed by atoms with Gasteiger partial charge in [0.1, 0.15) is 18.4 Å². The summed E-state index contributed by atoms with van der Waals surface area (Å²) in [4.78, 5) is 19.9. The number of carboxylic acids is 1. The van der Waals surface area contributed by atoms with Gasteiger partial charge in [-0.3, -0.25) is 14.6 Å². The van der Waals surface area contributed by atoms with Gasteiger partial charge in [-0.2, -0.15) is 0 Å². The number of benzene rings is 2. The van der Waals surface area contributed by atoms with Crippen molar-refractivity contribution in [3.05, 3.63) is 64.8 Å². The highest BCUT2D eigenvalue weighted by atomic mass is 35.5. The van der Waals surface area contributed by atoms with E-state index in [0.717, 1.165) is 47.5 Å². The number of fused-ring (bicyclic) bond motifs is 1. The fourth-order valence-electron chi connectivity index (χ4n) is 4.18. The smallest absolute Gasteiger partial charge is 0.325 e. The first-order valence-corrected chi connectivity index (χ1v) is 10.6. The molecule has 1 saturated heterocycles. The Bertz CT molecular complexity index is 1010. The fraction of sp³-hybridized carbons (Fsp3) is 0.348. The van der Waals surface area contributed by atoms with Gasteiger partial charge in [-0.1, -0.05) is 29.8 Å². The van der Waals surface area contributed by atoms with Crippen molar-refractivity contribution in [2.75, 3.05) is 39.3 Å². The Hall–Kier alpha value is -2.54. The highest BCUT2D eigenvalue weighted by molar-refractivity contribution is 6.30. The van der Waals surface area contributed by atoms with E-state index in [0.29, 0.717) is 24.7 Å². The number of ether oxygens (including phenoxy) is 1. The zero-order chi connectivity index (χ0) is 21.1. The van der Waals surface area contributed by atoms with Gasteiger partial charge in [-0.15, -0.1) is 0 Å². The number of aromatic amines is 1. The first kappa shape index (κ1) is 20.7. The topological polar surface area (TPSA) is 68.8 Å². The lowest BCUT2D eigenvalue weighted by Gasteiger charge is -2.37. The first-order valence-electron chi connectivity index (χ1n) is 10.2. The van der Waals surface area contributed by atoms with Crippen molar-refractivity contribution in [1.82, 2.24) is 14.8 Å². The summed E-state index contributed by atoms with van der Waals surface area (Å²) in [5, 5.41) is 11.7. The van der Waals surface area contributed by atoms with Crippen LogP contribution in [-0.4, -0.2) is 65.2 Å². The number of aryl methyl sites for hydroxylation is 1. The number of rotatable bonds is 7. The molecule has 4 rings (SSSR count). The minimum absolute atomic E-state index is 0.589. The molecule has 0 radical (unpaired) electrons. The van der Waals surface area contributed by atoms with E-state index in [-0.39, 0.29) is 0 Å². The third-order valence-corrected chi connectivity index (χ3v) is 5.96. The van der Waals surface area contributed by atoms with Crippen molar-refractivity contribution in [1.29, 1.82) is 0 Å². The molecule has 2 N–H and O–H groups in total. The van der Waals surface area contributed by atoms with Crippen LogP contribution in [0.5, 0.6) is 5.75 Å². The van der Waals surface area contributed by atoms with E-state index < -0.39 is 12.0 Å². The number of nitrogens with zero attached hydrogens (tertiary/aromatic N) is 2. The molecule has 2 aromatic carbocycles.